The number of nitrogens with two attached hydrogens (primary N) is 2. The first-order valence-corrected chi connectivity index (χ1v) is 3.54. The van der Waals surface area contributed by atoms with Crippen LogP contribution >= 0.6 is 12.4 Å². The number of nitrogens with one attached hydrogen (secondary N) is 1. The first kappa shape index (κ1) is 11.7. The van der Waals surface area contributed by atoms with Gasteiger partial charge in [0, 0.05) is 12.6 Å². The van der Waals surface area contributed by atoms with Crippen molar-refractivity contribution in [2.45, 2.75) is 0 Å². The lowest BCUT2D eigenvalue weighted by Crippen LogP contribution is -2.25. The zero-order chi connectivity index (χ0) is 9.14. The maximum Gasteiger partial charge on any atom is 0.122 e. The maximum absolute atomic E-state index is 7.19. The Kier molecular flexibility index (Phi) is 4.23. The van der Waals surface area contributed by atoms with E-state index in [1.165, 1.54) is 5.01 Å². The van der Waals surface area contributed by atoms with Gasteiger partial charge in [-0.15, -0.1) is 12.4 Å². The van der Waals surface area contributed by atoms with Crippen molar-refractivity contribution in [1.29, 1.82) is 5.41 Å². The Balaban J connectivity index is 0.00000144. The quantitative estimate of drug-likeness (QED) is 0.285. The van der Waals surface area contributed by atoms with E-state index in [0.29, 0.717) is 5.56 Å². The number of hydrazine groups is 1. The second-order valence-electron chi connectivity index (χ2n) is 2.57. The average molecular weight is 201 g/mol. The topological polar surface area (TPSA) is 79.1 Å². The summed E-state index contributed by atoms with van der Waals surface area (Å²) in [7, 11) is 1.74. The summed E-state index contributed by atoms with van der Waals surface area (Å²) in [4.78, 5) is 0. The largest absolute Gasteiger partial charge is 0.384 e. The van der Waals surface area contributed by atoms with Crippen LogP contribution in [0.2, 0.25) is 0 Å². The lowest BCUT2D eigenvalue weighted by Gasteiger charge is -2.12. The predicted octanol–water partition coefficient (Wildman–Crippen LogP) is 0.702. The van der Waals surface area contributed by atoms with Crippen LogP contribution in [-0.2, 0) is 0 Å². The number of hydrogen-bond acceptors (Lipinski definition) is 3. The molecule has 0 aliphatic carbocycles. The lowest BCUT2D eigenvalue weighted by atomic mass is 10.2. The molecule has 0 aliphatic rings. The monoisotopic (exact) mass is 200 g/mol. The molecule has 0 saturated carbocycles. The summed E-state index contributed by atoms with van der Waals surface area (Å²) in [6.07, 6.45) is 0. The molecule has 0 heterocycles. The van der Waals surface area contributed by atoms with Crippen LogP contribution in [0.1, 0.15) is 5.56 Å². The Morgan fingerprint density at radius 3 is 2.54 bits per heavy atom. The third-order valence-electron chi connectivity index (χ3n) is 1.56. The fourth-order valence-corrected chi connectivity index (χ4v) is 0.893. The zero-order valence-corrected chi connectivity index (χ0v) is 8.14. The van der Waals surface area contributed by atoms with Gasteiger partial charge in [0.1, 0.15) is 5.84 Å². The first-order valence-electron chi connectivity index (χ1n) is 3.54. The van der Waals surface area contributed by atoms with Gasteiger partial charge in [0.2, 0.25) is 0 Å². The Hall–Kier alpha value is -1.26. The molecule has 72 valence electrons. The SMILES string of the molecule is CN(N)c1cccc(C(=N)N)c1.Cl. The van der Waals surface area contributed by atoms with Gasteiger partial charge in [-0.1, -0.05) is 12.1 Å². The summed E-state index contributed by atoms with van der Waals surface area (Å²) < 4.78 is 0. The van der Waals surface area contributed by atoms with E-state index in [2.05, 4.69) is 0 Å². The molecule has 1 aromatic carbocycles. The molecule has 4 nitrogen and oxygen atoms in total. The van der Waals surface area contributed by atoms with Gasteiger partial charge < -0.3 is 10.7 Å². The Labute approximate surface area is 83.4 Å². The number of amidine groups is 1. The van der Waals surface area contributed by atoms with Crippen LogP contribution in [0.15, 0.2) is 24.3 Å². The molecular formula is C8H13ClN4. The van der Waals surface area contributed by atoms with Gasteiger partial charge in [-0.3, -0.25) is 5.41 Å². The lowest BCUT2D eigenvalue weighted by molar-refractivity contribution is 1.02. The van der Waals surface area contributed by atoms with Crippen molar-refractivity contribution in [3.63, 3.8) is 0 Å². The van der Waals surface area contributed by atoms with Gasteiger partial charge in [-0.2, -0.15) is 0 Å². The molecule has 13 heavy (non-hydrogen) atoms. The Bertz CT molecular complexity index is 298. The molecule has 1 aromatic rings. The molecule has 0 saturated heterocycles. The van der Waals surface area contributed by atoms with E-state index in [1.807, 2.05) is 12.1 Å². The van der Waals surface area contributed by atoms with Gasteiger partial charge >= 0.3 is 0 Å². The molecule has 0 aromatic heterocycles. The highest BCUT2D eigenvalue weighted by atomic mass is 35.5. The number of benzene rings is 1. The van der Waals surface area contributed by atoms with Crippen LogP contribution in [0, 0.1) is 5.41 Å². The molecule has 1 rings (SSSR count). The summed E-state index contributed by atoms with van der Waals surface area (Å²) in [6, 6.07) is 7.21. The van der Waals surface area contributed by atoms with Gasteiger partial charge in [-0.25, -0.2) is 5.84 Å². The van der Waals surface area contributed by atoms with Crippen LogP contribution in [0.4, 0.5) is 5.69 Å². The van der Waals surface area contributed by atoms with Crippen molar-refractivity contribution in [2.24, 2.45) is 11.6 Å². The average Bonchev–Trinajstić information content (AvgIpc) is 2.04. The molecule has 0 unspecified atom stereocenters. The van der Waals surface area contributed by atoms with E-state index in [-0.39, 0.29) is 18.2 Å². The molecule has 0 atom stereocenters. The molecular weight excluding hydrogens is 188 g/mol. The van der Waals surface area contributed by atoms with Crippen molar-refractivity contribution >= 4 is 23.9 Å². The highest BCUT2D eigenvalue weighted by molar-refractivity contribution is 5.95. The standard InChI is InChI=1S/C8H12N4.ClH/c1-12(11)7-4-2-3-6(5-7)8(9)10;/h2-5H,11H2,1H3,(H3,9,10);1H. The summed E-state index contributed by atoms with van der Waals surface area (Å²) in [5.74, 6) is 5.56. The summed E-state index contributed by atoms with van der Waals surface area (Å²) in [5, 5.41) is 8.67. The minimum atomic E-state index is 0. The van der Waals surface area contributed by atoms with Crippen LogP contribution in [0.25, 0.3) is 0 Å². The number of anilines is 1. The number of hydrogen-bond donors (Lipinski definition) is 3. The van der Waals surface area contributed by atoms with Gasteiger partial charge in [0.15, 0.2) is 0 Å². The van der Waals surface area contributed by atoms with E-state index in [1.54, 1.807) is 19.2 Å². The second kappa shape index (κ2) is 4.69. The van der Waals surface area contributed by atoms with E-state index < -0.39 is 0 Å². The van der Waals surface area contributed by atoms with Gasteiger partial charge in [0.05, 0.1) is 5.69 Å². The minimum Gasteiger partial charge on any atom is -0.384 e. The van der Waals surface area contributed by atoms with Crippen LogP contribution in [-0.4, -0.2) is 12.9 Å². The van der Waals surface area contributed by atoms with Crippen molar-refractivity contribution < 1.29 is 0 Å². The molecule has 0 fully saturated rings. The third kappa shape index (κ3) is 2.93. The number of halogens is 1. The first-order chi connectivity index (χ1) is 5.61. The van der Waals surface area contributed by atoms with E-state index in [0.717, 1.165) is 5.69 Å². The van der Waals surface area contributed by atoms with Crippen molar-refractivity contribution in [3.8, 4) is 0 Å². The van der Waals surface area contributed by atoms with Gasteiger partial charge in [-0.05, 0) is 12.1 Å². The normalized spacial score (nSPS) is 8.77. The summed E-state index contributed by atoms with van der Waals surface area (Å²) >= 11 is 0. The maximum atomic E-state index is 7.19. The smallest absolute Gasteiger partial charge is 0.122 e. The fraction of sp³-hybridized carbons (Fsp3) is 0.125. The summed E-state index contributed by atoms with van der Waals surface area (Å²) in [5.41, 5.74) is 6.83. The highest BCUT2D eigenvalue weighted by Crippen LogP contribution is 2.11. The van der Waals surface area contributed by atoms with Crippen molar-refractivity contribution in [3.05, 3.63) is 29.8 Å². The molecule has 5 N–H and O–H groups in total. The van der Waals surface area contributed by atoms with Crippen LogP contribution in [0.3, 0.4) is 0 Å². The zero-order valence-electron chi connectivity index (χ0n) is 7.32. The molecule has 5 heteroatoms. The number of nitrogen functional groups attached to an aromatic ring is 1. The van der Waals surface area contributed by atoms with Crippen molar-refractivity contribution in [2.75, 3.05) is 12.1 Å². The predicted molar refractivity (Wildman–Crippen MR) is 57.3 cm³/mol. The summed E-state index contributed by atoms with van der Waals surface area (Å²) in [6.45, 7) is 0. The molecule has 0 aliphatic heterocycles. The van der Waals surface area contributed by atoms with Crippen LogP contribution < -0.4 is 16.6 Å². The van der Waals surface area contributed by atoms with E-state index in [9.17, 15) is 0 Å². The highest BCUT2D eigenvalue weighted by Gasteiger charge is 1.98. The van der Waals surface area contributed by atoms with Crippen LogP contribution in [0.5, 0.6) is 0 Å². The minimum absolute atomic E-state index is 0. The number of rotatable bonds is 2. The molecule has 0 amide bonds. The molecule has 0 bridgehead atoms. The molecule has 0 spiro atoms. The Morgan fingerprint density at radius 1 is 1.46 bits per heavy atom. The third-order valence-corrected chi connectivity index (χ3v) is 1.56. The number of nitrogens with zero attached hydrogens (tertiary/aromatic N) is 1. The molecule has 0 radical (unpaired) electrons. The van der Waals surface area contributed by atoms with Crippen molar-refractivity contribution in [1.82, 2.24) is 0 Å². The van der Waals surface area contributed by atoms with E-state index in [4.69, 9.17) is 17.0 Å². The van der Waals surface area contributed by atoms with Gasteiger partial charge in [0.25, 0.3) is 0 Å². The Morgan fingerprint density at radius 2 is 2.08 bits per heavy atom. The second-order valence-corrected chi connectivity index (χ2v) is 2.57. The van der Waals surface area contributed by atoms with E-state index >= 15 is 0 Å². The fourth-order valence-electron chi connectivity index (χ4n) is 0.893.